The maximum Gasteiger partial charge on any atom is 0.573 e. The minimum Gasteiger partial charge on any atom is -0.405 e. The van der Waals surface area contributed by atoms with Gasteiger partial charge in [-0.05, 0) is 18.6 Å². The highest BCUT2D eigenvalue weighted by atomic mass is 19.4. The summed E-state index contributed by atoms with van der Waals surface area (Å²) in [5.74, 6) is -1.01. The molecule has 0 spiro atoms. The number of methoxy groups -OCH3 is 1. The maximum atomic E-state index is 12.3. The van der Waals surface area contributed by atoms with Crippen molar-refractivity contribution >= 4 is 5.78 Å². The summed E-state index contributed by atoms with van der Waals surface area (Å²) in [6.45, 7) is 1.86. The third kappa shape index (κ3) is 4.55. The summed E-state index contributed by atoms with van der Waals surface area (Å²) in [7, 11) is 1.35. The lowest BCUT2D eigenvalue weighted by atomic mass is 10.0. The smallest absolute Gasteiger partial charge is 0.405 e. The van der Waals surface area contributed by atoms with Crippen LogP contribution < -0.4 is 4.74 Å². The Morgan fingerprint density at radius 3 is 2.47 bits per heavy atom. The summed E-state index contributed by atoms with van der Waals surface area (Å²) in [5, 5.41) is 0. The first-order valence-electron chi connectivity index (χ1n) is 5.80. The molecule has 19 heavy (non-hydrogen) atoms. The summed E-state index contributed by atoms with van der Waals surface area (Å²) in [4.78, 5) is 12.1. The second-order valence-electron chi connectivity index (χ2n) is 3.92. The molecule has 0 fully saturated rings. The fraction of sp³-hybridized carbons (Fsp3) is 0.462. The Labute approximate surface area is 109 Å². The van der Waals surface area contributed by atoms with Crippen LogP contribution in [0.15, 0.2) is 24.3 Å². The number of rotatable bonds is 6. The van der Waals surface area contributed by atoms with Crippen molar-refractivity contribution in [3.8, 4) is 5.75 Å². The molecule has 0 bridgehead atoms. The lowest BCUT2D eigenvalue weighted by Gasteiger charge is -2.16. The molecule has 0 radical (unpaired) electrons. The normalized spacial score (nSPS) is 13.1. The average Bonchev–Trinajstić information content (AvgIpc) is 2.34. The number of ketones is 1. The Bertz CT molecular complexity index is 429. The molecule has 1 aromatic rings. The summed E-state index contributed by atoms with van der Waals surface area (Å²) in [6, 6.07) is 5.26. The monoisotopic (exact) mass is 276 g/mol. The second-order valence-corrected chi connectivity index (χ2v) is 3.92. The molecule has 1 atom stereocenters. The SMILES string of the molecule is CCCC(OC)C(=O)c1ccccc1OC(F)(F)F. The van der Waals surface area contributed by atoms with Crippen LogP contribution in [0.5, 0.6) is 5.75 Å². The first-order valence-corrected chi connectivity index (χ1v) is 5.80. The van der Waals surface area contributed by atoms with Gasteiger partial charge in [0.25, 0.3) is 0 Å². The van der Waals surface area contributed by atoms with E-state index >= 15 is 0 Å². The molecular formula is C13H15F3O3. The van der Waals surface area contributed by atoms with E-state index in [1.54, 1.807) is 0 Å². The third-order valence-corrected chi connectivity index (χ3v) is 2.51. The maximum absolute atomic E-state index is 12.3. The Balaban J connectivity index is 3.02. The largest absolute Gasteiger partial charge is 0.573 e. The fourth-order valence-electron chi connectivity index (χ4n) is 1.68. The molecular weight excluding hydrogens is 261 g/mol. The van der Waals surface area contributed by atoms with Crippen LogP contribution in [0.4, 0.5) is 13.2 Å². The molecule has 0 saturated carbocycles. The lowest BCUT2D eigenvalue weighted by molar-refractivity contribution is -0.274. The number of ether oxygens (including phenoxy) is 2. The molecule has 0 heterocycles. The molecule has 0 saturated heterocycles. The van der Waals surface area contributed by atoms with Crippen molar-refractivity contribution in [3.63, 3.8) is 0 Å². The predicted octanol–water partition coefficient (Wildman–Crippen LogP) is 3.58. The van der Waals surface area contributed by atoms with Gasteiger partial charge >= 0.3 is 6.36 Å². The van der Waals surface area contributed by atoms with Gasteiger partial charge in [0.2, 0.25) is 0 Å². The zero-order valence-corrected chi connectivity index (χ0v) is 10.7. The van der Waals surface area contributed by atoms with Crippen LogP contribution in [0.25, 0.3) is 0 Å². The van der Waals surface area contributed by atoms with Gasteiger partial charge in [0.1, 0.15) is 11.9 Å². The first-order chi connectivity index (χ1) is 8.89. The van der Waals surface area contributed by atoms with Gasteiger partial charge in [0.05, 0.1) is 5.56 Å². The minimum absolute atomic E-state index is 0.125. The number of alkyl halides is 3. The van der Waals surface area contributed by atoms with E-state index in [1.807, 2.05) is 6.92 Å². The molecule has 1 unspecified atom stereocenters. The van der Waals surface area contributed by atoms with Crippen molar-refractivity contribution in [2.24, 2.45) is 0 Å². The Morgan fingerprint density at radius 2 is 1.95 bits per heavy atom. The van der Waals surface area contributed by atoms with Gasteiger partial charge in [-0.3, -0.25) is 4.79 Å². The van der Waals surface area contributed by atoms with E-state index in [9.17, 15) is 18.0 Å². The molecule has 1 rings (SSSR count). The number of Topliss-reactive ketones (excluding diaryl/α,β-unsaturated/α-hetero) is 1. The lowest BCUT2D eigenvalue weighted by Crippen LogP contribution is -2.25. The number of benzene rings is 1. The van der Waals surface area contributed by atoms with Crippen LogP contribution in [-0.2, 0) is 4.74 Å². The van der Waals surface area contributed by atoms with E-state index in [4.69, 9.17) is 4.74 Å². The van der Waals surface area contributed by atoms with Crippen LogP contribution in [0, 0.1) is 0 Å². The highest BCUT2D eigenvalue weighted by molar-refractivity contribution is 6.01. The average molecular weight is 276 g/mol. The fourth-order valence-corrected chi connectivity index (χ4v) is 1.68. The third-order valence-electron chi connectivity index (χ3n) is 2.51. The van der Waals surface area contributed by atoms with Crippen molar-refractivity contribution in [1.29, 1.82) is 0 Å². The minimum atomic E-state index is -4.83. The molecule has 0 aliphatic carbocycles. The summed E-state index contributed by atoms with van der Waals surface area (Å²) in [6.07, 6.45) is -4.46. The highest BCUT2D eigenvalue weighted by Crippen LogP contribution is 2.27. The van der Waals surface area contributed by atoms with Gasteiger partial charge in [-0.1, -0.05) is 25.5 Å². The summed E-state index contributed by atoms with van der Waals surface area (Å²) >= 11 is 0. The van der Waals surface area contributed by atoms with Crippen molar-refractivity contribution < 1.29 is 27.4 Å². The number of para-hydroxylation sites is 1. The number of hydrogen-bond acceptors (Lipinski definition) is 3. The molecule has 0 aliphatic rings. The number of carbonyl (C=O) groups is 1. The predicted molar refractivity (Wildman–Crippen MR) is 63.2 cm³/mol. The van der Waals surface area contributed by atoms with Crippen LogP contribution in [0.3, 0.4) is 0 Å². The molecule has 0 aromatic heterocycles. The van der Waals surface area contributed by atoms with E-state index in [1.165, 1.54) is 25.3 Å². The van der Waals surface area contributed by atoms with Gasteiger partial charge < -0.3 is 9.47 Å². The van der Waals surface area contributed by atoms with Crippen LogP contribution in [0.2, 0.25) is 0 Å². The molecule has 0 aliphatic heterocycles. The van der Waals surface area contributed by atoms with Crippen molar-refractivity contribution in [3.05, 3.63) is 29.8 Å². The molecule has 106 valence electrons. The van der Waals surface area contributed by atoms with E-state index in [0.29, 0.717) is 12.8 Å². The van der Waals surface area contributed by atoms with Gasteiger partial charge in [0.15, 0.2) is 5.78 Å². The zero-order valence-electron chi connectivity index (χ0n) is 10.7. The second kappa shape index (κ2) is 6.56. The molecule has 0 N–H and O–H groups in total. The van der Waals surface area contributed by atoms with Crippen molar-refractivity contribution in [2.45, 2.75) is 32.2 Å². The Kier molecular flexibility index (Phi) is 5.35. The van der Waals surface area contributed by atoms with Crippen LogP contribution >= 0.6 is 0 Å². The topological polar surface area (TPSA) is 35.5 Å². The van der Waals surface area contributed by atoms with Gasteiger partial charge in [-0.25, -0.2) is 0 Å². The van der Waals surface area contributed by atoms with E-state index in [0.717, 1.165) is 6.07 Å². The van der Waals surface area contributed by atoms with E-state index in [2.05, 4.69) is 4.74 Å². The molecule has 6 heteroatoms. The van der Waals surface area contributed by atoms with Gasteiger partial charge in [-0.15, -0.1) is 13.2 Å². The van der Waals surface area contributed by atoms with E-state index < -0.39 is 24.0 Å². The number of carbonyl (C=O) groups excluding carboxylic acids is 1. The Hall–Kier alpha value is -1.56. The first kappa shape index (κ1) is 15.5. The number of hydrogen-bond donors (Lipinski definition) is 0. The van der Waals surface area contributed by atoms with Gasteiger partial charge in [0, 0.05) is 7.11 Å². The zero-order chi connectivity index (χ0) is 14.5. The van der Waals surface area contributed by atoms with Crippen molar-refractivity contribution in [1.82, 2.24) is 0 Å². The van der Waals surface area contributed by atoms with Crippen LogP contribution in [-0.4, -0.2) is 25.4 Å². The number of halogens is 3. The molecule has 1 aromatic carbocycles. The summed E-state index contributed by atoms with van der Waals surface area (Å²) in [5.41, 5.74) is -0.125. The Morgan fingerprint density at radius 1 is 1.32 bits per heavy atom. The highest BCUT2D eigenvalue weighted by Gasteiger charge is 2.33. The quantitative estimate of drug-likeness (QED) is 0.745. The van der Waals surface area contributed by atoms with Gasteiger partial charge in [-0.2, -0.15) is 0 Å². The molecule has 0 amide bonds. The van der Waals surface area contributed by atoms with Crippen LogP contribution in [0.1, 0.15) is 30.1 Å². The molecule has 3 nitrogen and oxygen atoms in total. The standard InChI is InChI=1S/C13H15F3O3/c1-3-6-11(18-2)12(17)9-7-4-5-8-10(9)19-13(14,15)16/h4-5,7-8,11H,3,6H2,1-2H3. The van der Waals surface area contributed by atoms with Crippen molar-refractivity contribution in [2.75, 3.05) is 7.11 Å². The summed E-state index contributed by atoms with van der Waals surface area (Å²) < 4.78 is 45.6. The van der Waals surface area contributed by atoms with E-state index in [-0.39, 0.29) is 5.56 Å².